The molecule has 2 aromatic carbocycles. The second kappa shape index (κ2) is 8.88. The van der Waals surface area contributed by atoms with E-state index in [1.807, 2.05) is 38.1 Å². The molecule has 0 unspecified atom stereocenters. The largest absolute Gasteiger partial charge is 0.355 e. The highest BCUT2D eigenvalue weighted by atomic mass is 35.5. The van der Waals surface area contributed by atoms with Gasteiger partial charge in [0.2, 0.25) is 11.8 Å². The Morgan fingerprint density at radius 3 is 2.44 bits per heavy atom. The fourth-order valence-corrected chi connectivity index (χ4v) is 2.92. The van der Waals surface area contributed by atoms with Crippen molar-refractivity contribution in [1.29, 1.82) is 0 Å². The summed E-state index contributed by atoms with van der Waals surface area (Å²) in [6.45, 7) is 4.30. The first kappa shape index (κ1) is 19.3. The van der Waals surface area contributed by atoms with E-state index in [9.17, 15) is 9.59 Å². The maximum absolute atomic E-state index is 12.0. The number of hydrogen-bond donors (Lipinski definition) is 2. The lowest BCUT2D eigenvalue weighted by Gasteiger charge is -2.10. The van der Waals surface area contributed by atoms with Gasteiger partial charge in [0.25, 0.3) is 0 Å². The van der Waals surface area contributed by atoms with E-state index in [-0.39, 0.29) is 18.2 Å². The molecule has 0 saturated heterocycles. The number of nitrogens with one attached hydrogen (secondary N) is 2. The standard InChI is InChI=1S/C19H20Cl2N2O2/c1-12-3-6-17(13(2)9-12)23-19(25)11-18(24)22-8-7-14-4-5-15(20)10-16(14)21/h3-6,9-10H,7-8,11H2,1-2H3,(H,22,24)(H,23,25). The monoisotopic (exact) mass is 378 g/mol. The van der Waals surface area contributed by atoms with Gasteiger partial charge in [0.1, 0.15) is 6.42 Å². The minimum atomic E-state index is -0.339. The van der Waals surface area contributed by atoms with Crippen molar-refractivity contribution in [2.75, 3.05) is 11.9 Å². The van der Waals surface area contributed by atoms with Crippen LogP contribution in [0.3, 0.4) is 0 Å². The summed E-state index contributed by atoms with van der Waals surface area (Å²) in [5.41, 5.74) is 3.70. The van der Waals surface area contributed by atoms with Gasteiger partial charge in [-0.2, -0.15) is 0 Å². The molecule has 0 aliphatic rings. The number of benzene rings is 2. The van der Waals surface area contributed by atoms with Crippen LogP contribution in [0.2, 0.25) is 10.0 Å². The Balaban J connectivity index is 1.78. The van der Waals surface area contributed by atoms with E-state index in [0.29, 0.717) is 23.0 Å². The maximum Gasteiger partial charge on any atom is 0.233 e. The normalized spacial score (nSPS) is 10.4. The lowest BCUT2D eigenvalue weighted by Crippen LogP contribution is -2.29. The van der Waals surface area contributed by atoms with Gasteiger partial charge in [-0.3, -0.25) is 9.59 Å². The van der Waals surface area contributed by atoms with E-state index in [1.165, 1.54) is 0 Å². The predicted octanol–water partition coefficient (Wildman–Crippen LogP) is 4.30. The Morgan fingerprint density at radius 1 is 1.00 bits per heavy atom. The number of amides is 2. The van der Waals surface area contributed by atoms with Crippen LogP contribution < -0.4 is 10.6 Å². The molecule has 0 bridgehead atoms. The highest BCUT2D eigenvalue weighted by Crippen LogP contribution is 2.21. The number of aryl methyl sites for hydroxylation is 2. The van der Waals surface area contributed by atoms with E-state index in [2.05, 4.69) is 10.6 Å². The first-order chi connectivity index (χ1) is 11.8. The van der Waals surface area contributed by atoms with Gasteiger partial charge in [0.05, 0.1) is 0 Å². The molecule has 0 aliphatic heterocycles. The molecule has 6 heteroatoms. The summed E-state index contributed by atoms with van der Waals surface area (Å²) in [6, 6.07) is 11.0. The number of carbonyl (C=O) groups is 2. The van der Waals surface area contributed by atoms with E-state index in [1.54, 1.807) is 12.1 Å². The third-order valence-corrected chi connectivity index (χ3v) is 4.30. The van der Waals surface area contributed by atoms with Crippen LogP contribution in [0.5, 0.6) is 0 Å². The van der Waals surface area contributed by atoms with Crippen molar-refractivity contribution in [2.45, 2.75) is 26.7 Å². The van der Waals surface area contributed by atoms with Crippen LogP contribution >= 0.6 is 23.2 Å². The van der Waals surface area contributed by atoms with Gasteiger partial charge >= 0.3 is 0 Å². The zero-order valence-electron chi connectivity index (χ0n) is 14.2. The molecule has 0 atom stereocenters. The molecule has 2 N–H and O–H groups in total. The lowest BCUT2D eigenvalue weighted by atomic mass is 10.1. The van der Waals surface area contributed by atoms with E-state index in [0.717, 1.165) is 22.4 Å². The number of carbonyl (C=O) groups excluding carboxylic acids is 2. The third-order valence-electron chi connectivity index (χ3n) is 3.71. The molecule has 0 radical (unpaired) electrons. The number of anilines is 1. The summed E-state index contributed by atoms with van der Waals surface area (Å²) in [5.74, 6) is -0.665. The molecule has 132 valence electrons. The highest BCUT2D eigenvalue weighted by molar-refractivity contribution is 6.35. The summed E-state index contributed by atoms with van der Waals surface area (Å²) in [5, 5.41) is 6.61. The summed E-state index contributed by atoms with van der Waals surface area (Å²) in [6.07, 6.45) is 0.349. The Morgan fingerprint density at radius 2 is 1.76 bits per heavy atom. The summed E-state index contributed by atoms with van der Waals surface area (Å²) in [7, 11) is 0. The SMILES string of the molecule is Cc1ccc(NC(=O)CC(=O)NCCc2ccc(Cl)cc2Cl)c(C)c1. The second-order valence-corrected chi connectivity index (χ2v) is 6.72. The Labute approximate surface area is 157 Å². The van der Waals surface area contributed by atoms with Crippen molar-refractivity contribution in [3.63, 3.8) is 0 Å². The van der Waals surface area contributed by atoms with Crippen molar-refractivity contribution in [3.8, 4) is 0 Å². The molecule has 0 heterocycles. The fraction of sp³-hybridized carbons (Fsp3) is 0.263. The van der Waals surface area contributed by atoms with Gasteiger partial charge in [-0.25, -0.2) is 0 Å². The molecule has 2 rings (SSSR count). The molecule has 25 heavy (non-hydrogen) atoms. The Kier molecular flexibility index (Phi) is 6.85. The first-order valence-electron chi connectivity index (χ1n) is 7.93. The van der Waals surface area contributed by atoms with E-state index < -0.39 is 0 Å². The maximum atomic E-state index is 12.0. The van der Waals surface area contributed by atoms with Crippen molar-refractivity contribution in [3.05, 3.63) is 63.1 Å². The topological polar surface area (TPSA) is 58.2 Å². The van der Waals surface area contributed by atoms with Gasteiger partial charge in [-0.15, -0.1) is 0 Å². The van der Waals surface area contributed by atoms with E-state index >= 15 is 0 Å². The van der Waals surface area contributed by atoms with Crippen LogP contribution in [0.4, 0.5) is 5.69 Å². The van der Waals surface area contributed by atoms with Crippen LogP contribution in [-0.2, 0) is 16.0 Å². The third kappa shape index (κ3) is 6.07. The first-order valence-corrected chi connectivity index (χ1v) is 8.68. The molecule has 0 aromatic heterocycles. The zero-order chi connectivity index (χ0) is 18.4. The summed E-state index contributed by atoms with van der Waals surface area (Å²) >= 11 is 11.9. The van der Waals surface area contributed by atoms with Crippen molar-refractivity contribution in [1.82, 2.24) is 5.32 Å². The zero-order valence-corrected chi connectivity index (χ0v) is 15.7. The van der Waals surface area contributed by atoms with Crippen molar-refractivity contribution in [2.24, 2.45) is 0 Å². The van der Waals surface area contributed by atoms with Gasteiger partial charge in [-0.1, -0.05) is 47.0 Å². The molecule has 0 aliphatic carbocycles. The van der Waals surface area contributed by atoms with Crippen LogP contribution in [0, 0.1) is 13.8 Å². The van der Waals surface area contributed by atoms with Crippen LogP contribution in [0.1, 0.15) is 23.1 Å². The minimum absolute atomic E-state index is 0.221. The molecule has 2 amide bonds. The molecule has 0 spiro atoms. The van der Waals surface area contributed by atoms with Gasteiger partial charge in [-0.05, 0) is 49.6 Å². The predicted molar refractivity (Wildman–Crippen MR) is 102 cm³/mol. The molecular weight excluding hydrogens is 359 g/mol. The fourth-order valence-electron chi connectivity index (χ4n) is 2.42. The number of halogens is 2. The van der Waals surface area contributed by atoms with Gasteiger partial charge in [0.15, 0.2) is 0 Å². The van der Waals surface area contributed by atoms with Crippen LogP contribution in [0.25, 0.3) is 0 Å². The minimum Gasteiger partial charge on any atom is -0.355 e. The molecule has 0 saturated carbocycles. The lowest BCUT2D eigenvalue weighted by molar-refractivity contribution is -0.126. The average molecular weight is 379 g/mol. The highest BCUT2D eigenvalue weighted by Gasteiger charge is 2.11. The summed E-state index contributed by atoms with van der Waals surface area (Å²) < 4.78 is 0. The van der Waals surface area contributed by atoms with Gasteiger partial charge < -0.3 is 10.6 Å². The number of rotatable bonds is 6. The van der Waals surface area contributed by atoms with E-state index in [4.69, 9.17) is 23.2 Å². The molecule has 4 nitrogen and oxygen atoms in total. The van der Waals surface area contributed by atoms with Crippen molar-refractivity contribution >= 4 is 40.7 Å². The molecule has 2 aromatic rings. The van der Waals surface area contributed by atoms with Crippen LogP contribution in [0.15, 0.2) is 36.4 Å². The molecular formula is C19H20Cl2N2O2. The smallest absolute Gasteiger partial charge is 0.233 e. The number of hydrogen-bond acceptors (Lipinski definition) is 2. The van der Waals surface area contributed by atoms with Gasteiger partial charge in [0, 0.05) is 22.3 Å². The van der Waals surface area contributed by atoms with Crippen LogP contribution in [-0.4, -0.2) is 18.4 Å². The average Bonchev–Trinajstić information content (AvgIpc) is 2.52. The Bertz CT molecular complexity index is 791. The van der Waals surface area contributed by atoms with Crippen molar-refractivity contribution < 1.29 is 9.59 Å². The molecule has 0 fully saturated rings. The Hall–Kier alpha value is -2.04. The summed E-state index contributed by atoms with van der Waals surface area (Å²) in [4.78, 5) is 23.9. The quantitative estimate of drug-likeness (QED) is 0.736. The second-order valence-electron chi connectivity index (χ2n) is 5.88.